The van der Waals surface area contributed by atoms with Gasteiger partial charge in [0.25, 0.3) is 0 Å². The van der Waals surface area contributed by atoms with Gasteiger partial charge >= 0.3 is 0 Å². The number of carbonyl (C=O) groups is 1. The minimum Gasteiger partial charge on any atom is -0.289 e. The third-order valence-electron chi connectivity index (χ3n) is 4.48. The van der Waals surface area contributed by atoms with Gasteiger partial charge in [-0.3, -0.25) is 4.79 Å². The Morgan fingerprint density at radius 3 is 2.45 bits per heavy atom. The van der Waals surface area contributed by atoms with Crippen molar-refractivity contribution in [3.8, 4) is 0 Å². The molecule has 0 aliphatic carbocycles. The maximum absolute atomic E-state index is 12.5. The second kappa shape index (κ2) is 10.4. The summed E-state index contributed by atoms with van der Waals surface area (Å²) < 4.78 is 0. The molecule has 0 bridgehead atoms. The lowest BCUT2D eigenvalue weighted by atomic mass is 9.86. The van der Waals surface area contributed by atoms with Crippen molar-refractivity contribution in [3.05, 3.63) is 47.0 Å². The summed E-state index contributed by atoms with van der Waals surface area (Å²) in [6, 6.07) is 6.36. The van der Waals surface area contributed by atoms with Crippen LogP contribution in [-0.4, -0.2) is 5.78 Å². The van der Waals surface area contributed by atoms with E-state index >= 15 is 0 Å². The highest BCUT2D eigenvalue weighted by atomic mass is 16.1. The predicted octanol–water partition coefficient (Wildman–Crippen LogP) is 6.16. The van der Waals surface area contributed by atoms with Crippen molar-refractivity contribution >= 4 is 5.78 Å². The first-order valence-corrected chi connectivity index (χ1v) is 8.95. The molecule has 1 nitrogen and oxygen atoms in total. The van der Waals surface area contributed by atoms with Gasteiger partial charge in [-0.25, -0.2) is 0 Å². The number of hydrogen-bond acceptors (Lipinski definition) is 1. The van der Waals surface area contributed by atoms with Crippen LogP contribution in [0.2, 0.25) is 0 Å². The van der Waals surface area contributed by atoms with E-state index in [1.807, 2.05) is 13.0 Å². The van der Waals surface area contributed by atoms with Gasteiger partial charge in [0.05, 0.1) is 0 Å². The van der Waals surface area contributed by atoms with E-state index in [0.29, 0.717) is 5.92 Å². The molecule has 0 radical (unpaired) electrons. The fourth-order valence-corrected chi connectivity index (χ4v) is 3.11. The van der Waals surface area contributed by atoms with Crippen molar-refractivity contribution in [2.75, 3.05) is 0 Å². The molecule has 0 aliphatic heterocycles. The highest BCUT2D eigenvalue weighted by molar-refractivity contribution is 6.06. The third-order valence-corrected chi connectivity index (χ3v) is 4.48. The molecule has 22 heavy (non-hydrogen) atoms. The summed E-state index contributed by atoms with van der Waals surface area (Å²) in [4.78, 5) is 12.5. The van der Waals surface area contributed by atoms with E-state index < -0.39 is 0 Å². The monoisotopic (exact) mass is 300 g/mol. The van der Waals surface area contributed by atoms with Crippen LogP contribution in [0.1, 0.15) is 81.3 Å². The second-order valence-electron chi connectivity index (χ2n) is 6.14. The lowest BCUT2D eigenvalue weighted by molar-refractivity contribution is 0.104. The van der Waals surface area contributed by atoms with E-state index in [1.165, 1.54) is 43.2 Å². The van der Waals surface area contributed by atoms with Crippen LogP contribution in [0.15, 0.2) is 30.4 Å². The molecule has 1 aromatic carbocycles. The number of allylic oxidation sites excluding steroid dienone is 2. The fourth-order valence-electron chi connectivity index (χ4n) is 3.11. The Morgan fingerprint density at radius 2 is 1.86 bits per heavy atom. The van der Waals surface area contributed by atoms with Crippen molar-refractivity contribution in [2.45, 2.75) is 72.6 Å². The molecular formula is C21H32O. The molecule has 0 aliphatic rings. The first-order valence-electron chi connectivity index (χ1n) is 8.95. The largest absolute Gasteiger partial charge is 0.289 e. The quantitative estimate of drug-likeness (QED) is 0.287. The zero-order valence-corrected chi connectivity index (χ0v) is 14.8. The van der Waals surface area contributed by atoms with Crippen molar-refractivity contribution < 1.29 is 4.79 Å². The SMILES string of the molecule is C/C=C/C(=O)c1c(CC)cccc1CC(CC)CCCCC. The van der Waals surface area contributed by atoms with Gasteiger partial charge in [-0.15, -0.1) is 0 Å². The Balaban J connectivity index is 2.99. The number of carbonyl (C=O) groups excluding carboxylic acids is 1. The maximum Gasteiger partial charge on any atom is 0.186 e. The lowest BCUT2D eigenvalue weighted by Crippen LogP contribution is -2.10. The van der Waals surface area contributed by atoms with Crippen LogP contribution in [0.3, 0.4) is 0 Å². The fraction of sp³-hybridized carbons (Fsp3) is 0.571. The van der Waals surface area contributed by atoms with Gasteiger partial charge in [0.15, 0.2) is 5.78 Å². The van der Waals surface area contributed by atoms with Crippen molar-refractivity contribution in [1.82, 2.24) is 0 Å². The molecule has 0 saturated carbocycles. The minimum absolute atomic E-state index is 0.165. The first kappa shape index (κ1) is 18.7. The van der Waals surface area contributed by atoms with Gasteiger partial charge in [-0.1, -0.05) is 77.2 Å². The van der Waals surface area contributed by atoms with Gasteiger partial charge in [0.2, 0.25) is 0 Å². The number of rotatable bonds is 10. The van der Waals surface area contributed by atoms with E-state index in [4.69, 9.17) is 0 Å². The van der Waals surface area contributed by atoms with E-state index in [1.54, 1.807) is 6.08 Å². The van der Waals surface area contributed by atoms with Crippen molar-refractivity contribution in [2.24, 2.45) is 5.92 Å². The van der Waals surface area contributed by atoms with Crippen LogP contribution in [0.25, 0.3) is 0 Å². The number of benzene rings is 1. The van der Waals surface area contributed by atoms with Gasteiger partial charge in [-0.05, 0) is 42.9 Å². The highest BCUT2D eigenvalue weighted by Crippen LogP contribution is 2.24. The topological polar surface area (TPSA) is 17.1 Å². The van der Waals surface area contributed by atoms with Crippen LogP contribution >= 0.6 is 0 Å². The minimum atomic E-state index is 0.165. The van der Waals surface area contributed by atoms with E-state index in [9.17, 15) is 4.79 Å². The molecule has 0 spiro atoms. The highest BCUT2D eigenvalue weighted by Gasteiger charge is 2.16. The van der Waals surface area contributed by atoms with Crippen molar-refractivity contribution in [3.63, 3.8) is 0 Å². The summed E-state index contributed by atoms with van der Waals surface area (Å²) in [5, 5.41) is 0. The Kier molecular flexibility index (Phi) is 8.81. The standard InChI is InChI=1S/C21H32O/c1-5-9-10-13-17(7-3)16-19-15-11-14-18(8-4)21(19)20(22)12-6-2/h6,11-12,14-15,17H,5,7-10,13,16H2,1-4H3/b12-6+. The second-order valence-corrected chi connectivity index (χ2v) is 6.14. The summed E-state index contributed by atoms with van der Waals surface area (Å²) in [5.74, 6) is 0.856. The average molecular weight is 300 g/mol. The Hall–Kier alpha value is -1.37. The molecule has 122 valence electrons. The summed E-state index contributed by atoms with van der Waals surface area (Å²) >= 11 is 0. The molecule has 0 N–H and O–H groups in total. The molecule has 1 aromatic rings. The number of aryl methyl sites for hydroxylation is 1. The average Bonchev–Trinajstić information content (AvgIpc) is 2.53. The molecule has 0 fully saturated rings. The van der Waals surface area contributed by atoms with Crippen molar-refractivity contribution in [1.29, 1.82) is 0 Å². The molecular weight excluding hydrogens is 268 g/mol. The van der Waals surface area contributed by atoms with Crippen LogP contribution in [-0.2, 0) is 12.8 Å². The molecule has 0 heterocycles. The summed E-state index contributed by atoms with van der Waals surface area (Å²) in [6.07, 6.45) is 11.9. The van der Waals surface area contributed by atoms with Gasteiger partial charge in [-0.2, -0.15) is 0 Å². The summed E-state index contributed by atoms with van der Waals surface area (Å²) in [5.41, 5.74) is 3.38. The zero-order valence-electron chi connectivity index (χ0n) is 14.8. The molecule has 1 rings (SSSR count). The van der Waals surface area contributed by atoms with E-state index in [-0.39, 0.29) is 5.78 Å². The Bertz CT molecular complexity index is 485. The maximum atomic E-state index is 12.5. The lowest BCUT2D eigenvalue weighted by Gasteiger charge is -2.18. The van der Waals surface area contributed by atoms with Gasteiger partial charge in [0, 0.05) is 5.56 Å². The van der Waals surface area contributed by atoms with E-state index in [2.05, 4.69) is 39.0 Å². The number of ketones is 1. The Morgan fingerprint density at radius 1 is 1.14 bits per heavy atom. The molecule has 0 amide bonds. The molecule has 0 aromatic heterocycles. The van der Waals surface area contributed by atoms with Crippen LogP contribution < -0.4 is 0 Å². The molecule has 1 unspecified atom stereocenters. The zero-order chi connectivity index (χ0) is 16.4. The molecule has 0 saturated heterocycles. The number of unbranched alkanes of at least 4 members (excludes halogenated alkanes) is 2. The van der Waals surface area contributed by atoms with E-state index in [0.717, 1.165) is 18.4 Å². The smallest absolute Gasteiger partial charge is 0.186 e. The first-order chi connectivity index (χ1) is 10.7. The van der Waals surface area contributed by atoms with Crippen LogP contribution in [0.4, 0.5) is 0 Å². The molecule has 1 heteroatoms. The molecule has 1 atom stereocenters. The normalized spacial score (nSPS) is 12.7. The van der Waals surface area contributed by atoms with Crippen LogP contribution in [0, 0.1) is 5.92 Å². The predicted molar refractivity (Wildman–Crippen MR) is 96.6 cm³/mol. The summed E-state index contributed by atoms with van der Waals surface area (Å²) in [7, 11) is 0. The van der Waals surface area contributed by atoms with Gasteiger partial charge < -0.3 is 0 Å². The van der Waals surface area contributed by atoms with Gasteiger partial charge in [0.1, 0.15) is 0 Å². The van der Waals surface area contributed by atoms with Crippen LogP contribution in [0.5, 0.6) is 0 Å². The third kappa shape index (κ3) is 5.44. The number of hydrogen-bond donors (Lipinski definition) is 0. The Labute approximate surface area is 136 Å². The summed E-state index contributed by atoms with van der Waals surface area (Å²) in [6.45, 7) is 8.56.